The zero-order chi connectivity index (χ0) is 22.7. The predicted octanol–water partition coefficient (Wildman–Crippen LogP) is 6.40. The predicted molar refractivity (Wildman–Crippen MR) is 134 cm³/mol. The molecule has 3 aromatic carbocycles. The minimum Gasteiger partial charge on any atom is -0.423 e. The average Bonchev–Trinajstić information content (AvgIpc) is 3.03. The molecule has 0 N–H and O–H groups in total. The average molecular weight is 576 g/mol. The van der Waals surface area contributed by atoms with Crippen molar-refractivity contribution in [3.05, 3.63) is 103 Å². The van der Waals surface area contributed by atoms with Gasteiger partial charge in [0.2, 0.25) is 0 Å². The van der Waals surface area contributed by atoms with E-state index in [0.29, 0.717) is 26.8 Å². The van der Waals surface area contributed by atoms with Crippen molar-refractivity contribution in [2.24, 2.45) is 0 Å². The Balaban J connectivity index is 1.45. The van der Waals surface area contributed by atoms with Gasteiger partial charge < -0.3 is 4.74 Å². The smallest absolute Gasteiger partial charge is 0.344 e. The number of carbonyl (C=O) groups is 3. The molecule has 1 fully saturated rings. The zero-order valence-electron chi connectivity index (χ0n) is 16.5. The molecule has 0 saturated carbocycles. The second-order valence-electron chi connectivity index (χ2n) is 6.84. The molecule has 32 heavy (non-hydrogen) atoms. The molecule has 1 aliphatic heterocycles. The quantitative estimate of drug-likeness (QED) is 0.152. The number of imide groups is 1. The normalized spacial score (nSPS) is 14.8. The van der Waals surface area contributed by atoms with E-state index in [-0.39, 0.29) is 17.7 Å². The minimum atomic E-state index is -0.440. The van der Waals surface area contributed by atoms with Gasteiger partial charge in [-0.15, -0.1) is 0 Å². The molecular weight excluding hydrogens is 561 g/mol. The summed E-state index contributed by atoms with van der Waals surface area (Å²) < 4.78 is 6.23. The van der Waals surface area contributed by atoms with Crippen LogP contribution in [0.1, 0.15) is 21.5 Å². The van der Waals surface area contributed by atoms with E-state index in [1.807, 2.05) is 18.2 Å². The lowest BCUT2D eigenvalue weighted by Gasteiger charge is -2.12. The van der Waals surface area contributed by atoms with E-state index in [9.17, 15) is 14.4 Å². The first-order valence-corrected chi connectivity index (χ1v) is 11.7. The van der Waals surface area contributed by atoms with Crippen molar-refractivity contribution in [3.63, 3.8) is 0 Å². The molecule has 160 valence electrons. The Kier molecular flexibility index (Phi) is 6.98. The summed E-state index contributed by atoms with van der Waals surface area (Å²) in [7, 11) is 0. The van der Waals surface area contributed by atoms with Gasteiger partial charge in [0.15, 0.2) is 0 Å². The van der Waals surface area contributed by atoms with Crippen LogP contribution < -0.4 is 4.74 Å². The number of esters is 1. The Labute approximate surface area is 207 Å². The first-order chi connectivity index (χ1) is 15.4. The van der Waals surface area contributed by atoms with E-state index < -0.39 is 5.97 Å². The molecule has 0 atom stereocenters. The van der Waals surface area contributed by atoms with Crippen LogP contribution in [0, 0.1) is 3.57 Å². The Hall–Kier alpha value is -2.62. The van der Waals surface area contributed by atoms with Crippen molar-refractivity contribution in [2.45, 2.75) is 6.54 Å². The van der Waals surface area contributed by atoms with E-state index in [2.05, 4.69) is 22.6 Å². The second-order valence-corrected chi connectivity index (χ2v) is 9.43. The van der Waals surface area contributed by atoms with Crippen LogP contribution in [0.25, 0.3) is 6.08 Å². The van der Waals surface area contributed by atoms with E-state index in [1.54, 1.807) is 60.7 Å². The Morgan fingerprint density at radius 3 is 2.50 bits per heavy atom. The number of carbonyl (C=O) groups excluding carboxylic acids is 3. The van der Waals surface area contributed by atoms with Gasteiger partial charge in [0.05, 0.1) is 17.0 Å². The number of nitrogens with zero attached hydrogens (tertiary/aromatic N) is 1. The molecule has 2 amide bonds. The maximum atomic E-state index is 12.7. The number of thioether (sulfide) groups is 1. The van der Waals surface area contributed by atoms with E-state index in [0.717, 1.165) is 20.9 Å². The molecule has 0 aromatic heterocycles. The van der Waals surface area contributed by atoms with Gasteiger partial charge in [-0.3, -0.25) is 14.5 Å². The molecule has 4 rings (SSSR count). The Morgan fingerprint density at radius 2 is 1.78 bits per heavy atom. The van der Waals surface area contributed by atoms with Crippen LogP contribution in [0.15, 0.2) is 77.7 Å². The third-order valence-electron chi connectivity index (χ3n) is 4.59. The summed E-state index contributed by atoms with van der Waals surface area (Å²) in [6.07, 6.45) is 1.65. The van der Waals surface area contributed by atoms with Gasteiger partial charge in [-0.05, 0) is 88.0 Å². The van der Waals surface area contributed by atoms with Gasteiger partial charge in [0.1, 0.15) is 5.75 Å². The Morgan fingerprint density at radius 1 is 1.03 bits per heavy atom. The van der Waals surface area contributed by atoms with Crippen molar-refractivity contribution < 1.29 is 19.1 Å². The summed E-state index contributed by atoms with van der Waals surface area (Å²) in [6.45, 7) is 0.162. The van der Waals surface area contributed by atoms with Crippen LogP contribution in [0.3, 0.4) is 0 Å². The van der Waals surface area contributed by atoms with Gasteiger partial charge >= 0.3 is 5.97 Å². The summed E-state index contributed by atoms with van der Waals surface area (Å²) in [4.78, 5) is 38.9. The molecule has 0 aliphatic carbocycles. The summed E-state index contributed by atoms with van der Waals surface area (Å²) in [6, 6.07) is 21.0. The van der Waals surface area contributed by atoms with Crippen LogP contribution in [0.2, 0.25) is 5.02 Å². The number of amides is 2. The van der Waals surface area contributed by atoms with E-state index in [1.165, 1.54) is 4.90 Å². The lowest BCUT2D eigenvalue weighted by atomic mass is 10.2. The fourth-order valence-electron chi connectivity index (χ4n) is 3.03. The molecular formula is C24H15ClINO4S. The summed E-state index contributed by atoms with van der Waals surface area (Å²) in [5, 5.41) is 0.219. The fourth-order valence-corrected chi connectivity index (χ4v) is 4.69. The third-order valence-corrected chi connectivity index (χ3v) is 6.67. The number of ether oxygens (including phenoxy) is 1. The number of hydrogen-bond acceptors (Lipinski definition) is 5. The zero-order valence-corrected chi connectivity index (χ0v) is 20.2. The number of hydrogen-bond donors (Lipinski definition) is 0. The number of halogens is 2. The molecule has 0 spiro atoms. The van der Waals surface area contributed by atoms with Crippen molar-refractivity contribution in [1.82, 2.24) is 4.90 Å². The lowest BCUT2D eigenvalue weighted by Crippen LogP contribution is -2.27. The monoisotopic (exact) mass is 575 g/mol. The van der Waals surface area contributed by atoms with Crippen LogP contribution >= 0.6 is 46.0 Å². The first-order valence-electron chi connectivity index (χ1n) is 9.47. The van der Waals surface area contributed by atoms with Crippen molar-refractivity contribution in [3.8, 4) is 5.75 Å². The minimum absolute atomic E-state index is 0.162. The third kappa shape index (κ3) is 5.23. The highest BCUT2D eigenvalue weighted by Gasteiger charge is 2.35. The maximum Gasteiger partial charge on any atom is 0.344 e. The van der Waals surface area contributed by atoms with E-state index in [4.69, 9.17) is 16.3 Å². The molecule has 8 heteroatoms. The molecule has 3 aromatic rings. The van der Waals surface area contributed by atoms with Crippen LogP contribution in [-0.2, 0) is 11.3 Å². The van der Waals surface area contributed by atoms with Gasteiger partial charge in [0, 0.05) is 8.59 Å². The van der Waals surface area contributed by atoms with Crippen molar-refractivity contribution >= 4 is 69.1 Å². The van der Waals surface area contributed by atoms with Gasteiger partial charge in [0.25, 0.3) is 11.1 Å². The molecule has 0 bridgehead atoms. The summed E-state index contributed by atoms with van der Waals surface area (Å²) in [5.41, 5.74) is 1.98. The topological polar surface area (TPSA) is 63.7 Å². The highest BCUT2D eigenvalue weighted by Crippen LogP contribution is 2.33. The Bertz CT molecular complexity index is 1240. The van der Waals surface area contributed by atoms with Crippen LogP contribution in [0.4, 0.5) is 4.79 Å². The standard InChI is InChI=1S/C24H15ClINO4S/c25-17-5-3-4-16(12-17)14-27-22(28)21(32-24(27)30)13-15-8-10-18(11-9-15)31-23(29)19-6-1-2-7-20(19)26/h1-13H,14H2/b21-13-. The molecule has 5 nitrogen and oxygen atoms in total. The SMILES string of the molecule is O=C(Oc1ccc(/C=C2\SC(=O)N(Cc3cccc(Cl)c3)C2=O)cc1)c1ccccc1I. The maximum absolute atomic E-state index is 12.7. The fraction of sp³-hybridized carbons (Fsp3) is 0.0417. The molecule has 1 saturated heterocycles. The number of benzene rings is 3. The largest absolute Gasteiger partial charge is 0.423 e. The number of rotatable bonds is 5. The van der Waals surface area contributed by atoms with Gasteiger partial charge in [-0.2, -0.15) is 0 Å². The lowest BCUT2D eigenvalue weighted by molar-refractivity contribution is -0.123. The second kappa shape index (κ2) is 9.89. The van der Waals surface area contributed by atoms with Crippen molar-refractivity contribution in [2.75, 3.05) is 0 Å². The molecule has 1 heterocycles. The van der Waals surface area contributed by atoms with Gasteiger partial charge in [-0.25, -0.2) is 4.79 Å². The highest BCUT2D eigenvalue weighted by atomic mass is 127. The molecule has 0 unspecified atom stereocenters. The van der Waals surface area contributed by atoms with E-state index >= 15 is 0 Å². The van der Waals surface area contributed by atoms with Crippen molar-refractivity contribution in [1.29, 1.82) is 0 Å². The first kappa shape index (κ1) is 22.6. The van der Waals surface area contributed by atoms with Gasteiger partial charge in [-0.1, -0.05) is 48.0 Å². The summed E-state index contributed by atoms with van der Waals surface area (Å²) in [5.74, 6) is -0.403. The summed E-state index contributed by atoms with van der Waals surface area (Å²) >= 11 is 8.97. The molecule has 1 aliphatic rings. The highest BCUT2D eigenvalue weighted by molar-refractivity contribution is 14.1. The van der Waals surface area contributed by atoms with Crippen LogP contribution in [-0.4, -0.2) is 22.0 Å². The van der Waals surface area contributed by atoms with Crippen LogP contribution in [0.5, 0.6) is 5.75 Å². The molecule has 0 radical (unpaired) electrons.